The third-order valence-electron chi connectivity index (χ3n) is 5.47. The van der Waals surface area contributed by atoms with Crippen molar-refractivity contribution in [2.24, 2.45) is 0 Å². The number of nitrogens with zero attached hydrogens (tertiary/aromatic N) is 2. The number of carbonyl (C=O) groups excluding carboxylic acids is 1. The molecule has 0 spiro atoms. The Balaban J connectivity index is 1.75. The zero-order valence-electron chi connectivity index (χ0n) is 17.1. The van der Waals surface area contributed by atoms with E-state index >= 15 is 0 Å². The third kappa shape index (κ3) is 4.27. The Morgan fingerprint density at radius 1 is 0.875 bits per heavy atom. The van der Waals surface area contributed by atoms with Gasteiger partial charge in [0, 0.05) is 31.5 Å². The Bertz CT molecular complexity index is 927. The first-order valence-electron chi connectivity index (χ1n) is 9.89. The normalized spacial score (nSPS) is 14.4. The molecular formula is C22H21F7N2O. The van der Waals surface area contributed by atoms with Gasteiger partial charge in [0.15, 0.2) is 0 Å². The zero-order valence-corrected chi connectivity index (χ0v) is 17.1. The fraction of sp³-hybridized carbons (Fsp3) is 0.409. The second kappa shape index (κ2) is 8.63. The summed E-state index contributed by atoms with van der Waals surface area (Å²) in [6, 6.07) is 15.2. The van der Waals surface area contributed by atoms with Gasteiger partial charge >= 0.3 is 18.0 Å². The van der Waals surface area contributed by atoms with E-state index in [0.717, 1.165) is 42.4 Å². The number of para-hydroxylation sites is 2. The maximum Gasteiger partial charge on any atom is 0.460 e. The number of fused-ring (bicyclic) bond motifs is 2. The Morgan fingerprint density at radius 3 is 1.81 bits per heavy atom. The van der Waals surface area contributed by atoms with Crippen LogP contribution in [0.3, 0.4) is 0 Å². The van der Waals surface area contributed by atoms with Gasteiger partial charge in [-0.3, -0.25) is 4.79 Å². The second-order valence-electron chi connectivity index (χ2n) is 7.64. The summed E-state index contributed by atoms with van der Waals surface area (Å²) in [4.78, 5) is 13.9. The van der Waals surface area contributed by atoms with Crippen LogP contribution < -0.4 is 4.90 Å². The van der Waals surface area contributed by atoms with Crippen LogP contribution in [0.1, 0.15) is 17.5 Å². The summed E-state index contributed by atoms with van der Waals surface area (Å²) in [5.41, 5.74) is 3.90. The average Bonchev–Trinajstić information content (AvgIpc) is 2.89. The predicted molar refractivity (Wildman–Crippen MR) is 106 cm³/mol. The largest absolute Gasteiger partial charge is 0.460 e. The Kier molecular flexibility index (Phi) is 6.44. The number of anilines is 2. The third-order valence-corrected chi connectivity index (χ3v) is 5.47. The van der Waals surface area contributed by atoms with Crippen LogP contribution in [0.2, 0.25) is 0 Å². The SMILES string of the molecule is CN(CCCN1c2ccccc2CCc2ccccc21)C(=O)C(F)(F)C(F)(F)C(F)(F)F. The van der Waals surface area contributed by atoms with Crippen LogP contribution in [-0.4, -0.2) is 49.0 Å². The molecule has 1 aliphatic heterocycles. The minimum atomic E-state index is -6.55. The minimum Gasteiger partial charge on any atom is -0.341 e. The van der Waals surface area contributed by atoms with Crippen LogP contribution in [0.4, 0.5) is 42.1 Å². The molecular weight excluding hydrogens is 441 g/mol. The highest BCUT2D eigenvalue weighted by atomic mass is 19.4. The van der Waals surface area contributed by atoms with E-state index in [1.807, 2.05) is 53.4 Å². The number of aryl methyl sites for hydroxylation is 2. The topological polar surface area (TPSA) is 23.6 Å². The molecule has 3 rings (SSSR count). The zero-order chi connectivity index (χ0) is 23.7. The molecule has 1 heterocycles. The highest BCUT2D eigenvalue weighted by Crippen LogP contribution is 2.47. The lowest BCUT2D eigenvalue weighted by atomic mass is 10.0. The van der Waals surface area contributed by atoms with Crippen molar-refractivity contribution in [1.29, 1.82) is 0 Å². The van der Waals surface area contributed by atoms with E-state index in [0.29, 0.717) is 0 Å². The molecule has 0 bridgehead atoms. The van der Waals surface area contributed by atoms with Gasteiger partial charge in [0.1, 0.15) is 0 Å². The lowest BCUT2D eigenvalue weighted by molar-refractivity contribution is -0.345. The molecule has 0 saturated heterocycles. The molecule has 0 radical (unpaired) electrons. The van der Waals surface area contributed by atoms with Gasteiger partial charge in [-0.1, -0.05) is 36.4 Å². The Labute approximate surface area is 180 Å². The number of rotatable bonds is 6. The fourth-order valence-electron chi connectivity index (χ4n) is 3.73. The quantitative estimate of drug-likeness (QED) is 0.522. The first kappa shape index (κ1) is 23.9. The van der Waals surface area contributed by atoms with Crippen molar-refractivity contribution in [3.63, 3.8) is 0 Å². The number of halogens is 7. The van der Waals surface area contributed by atoms with Gasteiger partial charge in [-0.25, -0.2) is 0 Å². The molecule has 1 amide bonds. The summed E-state index contributed by atoms with van der Waals surface area (Å²) in [6.07, 6.45) is -4.92. The highest BCUT2D eigenvalue weighted by Gasteiger charge is 2.76. The molecule has 0 unspecified atom stereocenters. The minimum absolute atomic E-state index is 0.0680. The summed E-state index contributed by atoms with van der Waals surface area (Å²) in [5.74, 6) is -14.9. The van der Waals surface area contributed by atoms with Crippen molar-refractivity contribution in [2.45, 2.75) is 37.3 Å². The van der Waals surface area contributed by atoms with Crippen LogP contribution in [0, 0.1) is 0 Å². The van der Waals surface area contributed by atoms with Gasteiger partial charge in [0.25, 0.3) is 5.91 Å². The molecule has 2 aromatic carbocycles. The van der Waals surface area contributed by atoms with Gasteiger partial charge in [-0.05, 0) is 42.5 Å². The van der Waals surface area contributed by atoms with Crippen molar-refractivity contribution in [1.82, 2.24) is 4.90 Å². The number of benzene rings is 2. The van der Waals surface area contributed by atoms with E-state index in [9.17, 15) is 35.5 Å². The summed E-state index contributed by atoms with van der Waals surface area (Å²) in [5, 5.41) is 0. The molecule has 1 aliphatic rings. The van der Waals surface area contributed by atoms with E-state index in [4.69, 9.17) is 0 Å². The molecule has 174 valence electrons. The fourth-order valence-corrected chi connectivity index (χ4v) is 3.73. The summed E-state index contributed by atoms with van der Waals surface area (Å²) in [7, 11) is 0.785. The summed E-state index contributed by atoms with van der Waals surface area (Å²) in [6.45, 7) is -0.184. The standard InChI is InChI=1S/C22H21F7N2O/c1-30(19(32)20(23,24)21(25,26)22(27,28)29)13-6-14-31-17-9-4-2-7-15(17)11-12-16-8-3-5-10-18(16)31/h2-5,7-10H,6,11-14H2,1H3. The molecule has 32 heavy (non-hydrogen) atoms. The Hall–Kier alpha value is -2.78. The molecule has 0 aliphatic carbocycles. The van der Waals surface area contributed by atoms with E-state index < -0.39 is 30.5 Å². The van der Waals surface area contributed by atoms with Crippen molar-refractivity contribution in [3.8, 4) is 0 Å². The van der Waals surface area contributed by atoms with Gasteiger partial charge in [-0.15, -0.1) is 0 Å². The average molecular weight is 462 g/mol. The highest BCUT2D eigenvalue weighted by molar-refractivity contribution is 5.84. The van der Waals surface area contributed by atoms with Crippen molar-refractivity contribution in [2.75, 3.05) is 25.0 Å². The number of hydrogen-bond donors (Lipinski definition) is 0. The number of carbonyl (C=O) groups is 1. The van der Waals surface area contributed by atoms with Crippen LogP contribution in [0.25, 0.3) is 0 Å². The van der Waals surface area contributed by atoms with Crippen LogP contribution in [-0.2, 0) is 17.6 Å². The molecule has 2 aromatic rings. The van der Waals surface area contributed by atoms with Gasteiger partial charge in [-0.2, -0.15) is 30.7 Å². The predicted octanol–water partition coefficient (Wildman–Crippen LogP) is 5.60. The summed E-state index contributed by atoms with van der Waals surface area (Å²) < 4.78 is 90.8. The number of hydrogen-bond acceptors (Lipinski definition) is 2. The molecule has 0 N–H and O–H groups in total. The molecule has 0 saturated carbocycles. The first-order chi connectivity index (χ1) is 14.9. The van der Waals surface area contributed by atoms with E-state index in [1.165, 1.54) is 0 Å². The summed E-state index contributed by atoms with van der Waals surface area (Å²) >= 11 is 0. The maximum absolute atomic E-state index is 13.7. The lowest BCUT2D eigenvalue weighted by Crippen LogP contribution is -2.59. The van der Waals surface area contributed by atoms with E-state index in [-0.39, 0.29) is 17.9 Å². The lowest BCUT2D eigenvalue weighted by Gasteiger charge is -2.31. The molecule has 10 heteroatoms. The molecule has 0 atom stereocenters. The molecule has 0 fully saturated rings. The Morgan fingerprint density at radius 2 is 1.34 bits per heavy atom. The molecule has 0 aromatic heterocycles. The monoisotopic (exact) mass is 462 g/mol. The second-order valence-corrected chi connectivity index (χ2v) is 7.64. The van der Waals surface area contributed by atoms with Crippen molar-refractivity contribution < 1.29 is 35.5 Å². The number of amides is 1. The first-order valence-corrected chi connectivity index (χ1v) is 9.89. The van der Waals surface area contributed by atoms with Gasteiger partial charge in [0.05, 0.1) is 0 Å². The van der Waals surface area contributed by atoms with Gasteiger partial charge < -0.3 is 9.80 Å². The number of alkyl halides is 7. The maximum atomic E-state index is 13.7. The van der Waals surface area contributed by atoms with E-state index in [2.05, 4.69) is 0 Å². The van der Waals surface area contributed by atoms with E-state index in [1.54, 1.807) is 0 Å². The van der Waals surface area contributed by atoms with Gasteiger partial charge in [0.2, 0.25) is 0 Å². The molecule has 3 nitrogen and oxygen atoms in total. The van der Waals surface area contributed by atoms with Crippen LogP contribution >= 0.6 is 0 Å². The van der Waals surface area contributed by atoms with Crippen molar-refractivity contribution >= 4 is 17.3 Å². The van der Waals surface area contributed by atoms with Crippen molar-refractivity contribution in [3.05, 3.63) is 59.7 Å². The van der Waals surface area contributed by atoms with Crippen LogP contribution in [0.15, 0.2) is 48.5 Å². The smallest absolute Gasteiger partial charge is 0.341 e. The van der Waals surface area contributed by atoms with Crippen LogP contribution in [0.5, 0.6) is 0 Å².